The Hall–Kier alpha value is -0.340. The molecule has 0 aromatic carbocycles. The van der Waals surface area contributed by atoms with Crippen molar-refractivity contribution in [1.29, 1.82) is 0 Å². The van der Waals surface area contributed by atoms with E-state index in [1.807, 2.05) is 0 Å². The summed E-state index contributed by atoms with van der Waals surface area (Å²) < 4.78 is 12.0. The fourth-order valence-electron chi connectivity index (χ4n) is 4.63. The molecule has 2 nitrogen and oxygen atoms in total. The van der Waals surface area contributed by atoms with Gasteiger partial charge in [-0.15, -0.1) is 0 Å². The summed E-state index contributed by atoms with van der Waals surface area (Å²) in [5.41, 5.74) is 2.02. The van der Waals surface area contributed by atoms with Crippen LogP contribution in [0.5, 0.6) is 0 Å². The fraction of sp³-hybridized carbons (Fsp3) is 0.882. The summed E-state index contributed by atoms with van der Waals surface area (Å²) in [5.74, 6) is 0.653. The topological polar surface area (TPSA) is 25.1 Å². The number of rotatable bonds is 3. The van der Waals surface area contributed by atoms with E-state index in [0.717, 1.165) is 13.0 Å². The molecule has 2 saturated carbocycles. The molecular formula is C17H26O2. The molecule has 4 atom stereocenters. The third kappa shape index (κ3) is 2.08. The van der Waals surface area contributed by atoms with Crippen LogP contribution in [-0.4, -0.2) is 23.9 Å². The molecule has 106 valence electrons. The largest absolute Gasteiger partial charge is 0.369 e. The SMILES string of the molecule is CC1(C2CCCC[C@]23CO3)OC1CC=C1CCCC1. The summed E-state index contributed by atoms with van der Waals surface area (Å²) in [6, 6.07) is 0. The lowest BCUT2D eigenvalue weighted by Gasteiger charge is -2.32. The Kier molecular flexibility index (Phi) is 2.82. The summed E-state index contributed by atoms with van der Waals surface area (Å²) in [6.07, 6.45) is 14.8. The molecule has 0 amide bonds. The van der Waals surface area contributed by atoms with Crippen molar-refractivity contribution < 1.29 is 9.47 Å². The van der Waals surface area contributed by atoms with Gasteiger partial charge in [-0.25, -0.2) is 0 Å². The third-order valence-corrected chi connectivity index (χ3v) is 6.03. The standard InChI is InChI=1S/C17H26O2/c1-16(14-8-4-5-11-17(14)12-18-17)15(19-16)10-9-13-6-2-3-7-13/h9,14-15H,2-8,10-12H2,1H3/t14?,15?,16?,17-/m0/s1. The second-order valence-electron chi connectivity index (χ2n) is 7.25. The van der Waals surface area contributed by atoms with E-state index in [4.69, 9.17) is 9.47 Å². The van der Waals surface area contributed by atoms with Crippen molar-refractivity contribution >= 4 is 0 Å². The van der Waals surface area contributed by atoms with Crippen molar-refractivity contribution in [2.24, 2.45) is 5.92 Å². The first-order valence-corrected chi connectivity index (χ1v) is 8.23. The first kappa shape index (κ1) is 12.4. The van der Waals surface area contributed by atoms with Gasteiger partial charge < -0.3 is 9.47 Å². The molecule has 4 rings (SSSR count). The third-order valence-electron chi connectivity index (χ3n) is 6.03. The highest BCUT2D eigenvalue weighted by atomic mass is 16.6. The van der Waals surface area contributed by atoms with Gasteiger partial charge in [0.2, 0.25) is 0 Å². The van der Waals surface area contributed by atoms with E-state index in [9.17, 15) is 0 Å². The van der Waals surface area contributed by atoms with Crippen molar-refractivity contribution in [1.82, 2.24) is 0 Å². The van der Waals surface area contributed by atoms with Gasteiger partial charge in [0, 0.05) is 5.92 Å². The first-order chi connectivity index (χ1) is 9.23. The van der Waals surface area contributed by atoms with Gasteiger partial charge in [0.25, 0.3) is 0 Å². The lowest BCUT2D eigenvalue weighted by atomic mass is 9.71. The number of allylic oxidation sites excluding steroid dienone is 1. The van der Waals surface area contributed by atoms with Crippen molar-refractivity contribution in [3.63, 3.8) is 0 Å². The van der Waals surface area contributed by atoms with Gasteiger partial charge in [0.05, 0.1) is 23.9 Å². The van der Waals surface area contributed by atoms with Gasteiger partial charge in [0.1, 0.15) is 0 Å². The zero-order valence-electron chi connectivity index (χ0n) is 12.1. The summed E-state index contributed by atoms with van der Waals surface area (Å²) >= 11 is 0. The van der Waals surface area contributed by atoms with Gasteiger partial charge in [-0.2, -0.15) is 0 Å². The minimum Gasteiger partial charge on any atom is -0.369 e. The van der Waals surface area contributed by atoms with Crippen LogP contribution in [0.25, 0.3) is 0 Å². The van der Waals surface area contributed by atoms with Gasteiger partial charge in [0.15, 0.2) is 0 Å². The number of ether oxygens (including phenoxy) is 2. The summed E-state index contributed by atoms with van der Waals surface area (Å²) in [6.45, 7) is 3.33. The molecule has 2 heteroatoms. The average Bonchev–Trinajstić information content (AvgIpc) is 3.25. The molecule has 19 heavy (non-hydrogen) atoms. The Morgan fingerprint density at radius 2 is 2.00 bits per heavy atom. The maximum absolute atomic E-state index is 6.15. The van der Waals surface area contributed by atoms with Gasteiger partial charge in [-0.05, 0) is 51.9 Å². The molecule has 2 saturated heterocycles. The maximum Gasteiger partial charge on any atom is 0.0979 e. The normalized spacial score (nSPS) is 48.6. The minimum absolute atomic E-state index is 0.118. The van der Waals surface area contributed by atoms with Crippen LogP contribution < -0.4 is 0 Å². The average molecular weight is 262 g/mol. The molecule has 0 bridgehead atoms. The lowest BCUT2D eigenvalue weighted by Crippen LogP contribution is -2.39. The monoisotopic (exact) mass is 262 g/mol. The molecule has 4 aliphatic rings. The van der Waals surface area contributed by atoms with E-state index in [1.165, 1.54) is 51.4 Å². The van der Waals surface area contributed by atoms with Gasteiger partial charge in [-0.3, -0.25) is 0 Å². The molecule has 3 unspecified atom stereocenters. The zero-order chi connectivity index (χ0) is 12.9. The minimum atomic E-state index is 0.118. The van der Waals surface area contributed by atoms with Crippen molar-refractivity contribution in [2.75, 3.05) is 6.61 Å². The molecule has 0 aromatic rings. The molecule has 1 spiro atoms. The van der Waals surface area contributed by atoms with Crippen LogP contribution in [0.15, 0.2) is 11.6 Å². The Morgan fingerprint density at radius 1 is 1.21 bits per heavy atom. The second-order valence-corrected chi connectivity index (χ2v) is 7.25. The van der Waals surface area contributed by atoms with Crippen LogP contribution in [-0.2, 0) is 9.47 Å². The molecule has 2 heterocycles. The molecule has 0 aromatic heterocycles. The number of hydrogen-bond acceptors (Lipinski definition) is 2. The van der Waals surface area contributed by atoms with E-state index in [0.29, 0.717) is 12.0 Å². The summed E-state index contributed by atoms with van der Waals surface area (Å²) in [5, 5.41) is 0. The molecule has 0 N–H and O–H groups in total. The Labute approximate surface area is 116 Å². The van der Waals surface area contributed by atoms with E-state index >= 15 is 0 Å². The molecule has 4 fully saturated rings. The van der Waals surface area contributed by atoms with E-state index in [1.54, 1.807) is 5.57 Å². The van der Waals surface area contributed by atoms with Crippen LogP contribution in [0.2, 0.25) is 0 Å². The van der Waals surface area contributed by atoms with Crippen LogP contribution in [0.3, 0.4) is 0 Å². The number of hydrogen-bond donors (Lipinski definition) is 0. The predicted octanol–water partition coefficient (Wildman–Crippen LogP) is 3.99. The van der Waals surface area contributed by atoms with Gasteiger partial charge in [-0.1, -0.05) is 24.5 Å². The quantitative estimate of drug-likeness (QED) is 0.567. The molecular weight excluding hydrogens is 236 g/mol. The first-order valence-electron chi connectivity index (χ1n) is 8.23. The molecule has 0 radical (unpaired) electrons. The van der Waals surface area contributed by atoms with Crippen LogP contribution in [0.1, 0.15) is 64.7 Å². The summed E-state index contributed by atoms with van der Waals surface area (Å²) in [7, 11) is 0. The van der Waals surface area contributed by atoms with Crippen LogP contribution in [0.4, 0.5) is 0 Å². The van der Waals surface area contributed by atoms with E-state index < -0.39 is 0 Å². The van der Waals surface area contributed by atoms with Gasteiger partial charge >= 0.3 is 0 Å². The number of epoxide rings is 2. The Bertz CT molecular complexity index is 388. The fourth-order valence-corrected chi connectivity index (χ4v) is 4.63. The van der Waals surface area contributed by atoms with Crippen molar-refractivity contribution in [3.8, 4) is 0 Å². The van der Waals surface area contributed by atoms with Crippen molar-refractivity contribution in [3.05, 3.63) is 11.6 Å². The van der Waals surface area contributed by atoms with Crippen molar-refractivity contribution in [2.45, 2.75) is 82.0 Å². The maximum atomic E-state index is 6.15. The Balaban J connectivity index is 1.40. The lowest BCUT2D eigenvalue weighted by molar-refractivity contribution is 0.0886. The van der Waals surface area contributed by atoms with E-state index in [-0.39, 0.29) is 11.2 Å². The molecule has 2 aliphatic carbocycles. The highest BCUT2D eigenvalue weighted by molar-refractivity contribution is 5.18. The second kappa shape index (κ2) is 4.33. The van der Waals surface area contributed by atoms with E-state index in [2.05, 4.69) is 13.0 Å². The van der Waals surface area contributed by atoms with Crippen LogP contribution in [0, 0.1) is 5.92 Å². The highest BCUT2D eigenvalue weighted by Crippen LogP contribution is 2.58. The zero-order valence-corrected chi connectivity index (χ0v) is 12.1. The van der Waals surface area contributed by atoms with Crippen LogP contribution >= 0.6 is 0 Å². The Morgan fingerprint density at radius 3 is 2.74 bits per heavy atom. The predicted molar refractivity (Wildman–Crippen MR) is 75.1 cm³/mol. The smallest absolute Gasteiger partial charge is 0.0979 e. The summed E-state index contributed by atoms with van der Waals surface area (Å²) in [4.78, 5) is 0. The highest BCUT2D eigenvalue weighted by Gasteiger charge is 2.67. The molecule has 2 aliphatic heterocycles.